The molecule has 0 aromatic heterocycles. The maximum absolute atomic E-state index is 10.5. The first-order valence-corrected chi connectivity index (χ1v) is 9.75. The highest BCUT2D eigenvalue weighted by Gasteiger charge is 2.21. The number of nitrogens with zero attached hydrogens (tertiary/aromatic N) is 1. The van der Waals surface area contributed by atoms with Gasteiger partial charge in [-0.05, 0) is 30.2 Å². The topological polar surface area (TPSA) is 29.5 Å². The first-order chi connectivity index (χ1) is 13.4. The van der Waals surface area contributed by atoms with Crippen LogP contribution in [0.15, 0.2) is 78.9 Å². The van der Waals surface area contributed by atoms with Crippen LogP contribution in [-0.2, 0) is 6.54 Å². The molecule has 0 amide bonds. The van der Waals surface area contributed by atoms with Gasteiger partial charge in [-0.25, -0.2) is 0 Å². The molecule has 1 N–H and O–H groups in total. The van der Waals surface area contributed by atoms with Gasteiger partial charge in [0.15, 0.2) is 0 Å². The summed E-state index contributed by atoms with van der Waals surface area (Å²) in [5.41, 5.74) is 4.88. The third kappa shape index (κ3) is 7.21. The van der Waals surface area contributed by atoms with Crippen molar-refractivity contribution in [3.05, 3.63) is 90.0 Å². The highest BCUT2D eigenvalue weighted by molar-refractivity contribution is 5.63. The Hall–Kier alpha value is -2.33. The summed E-state index contributed by atoms with van der Waals surface area (Å²) in [6.45, 7) is 3.90. The lowest BCUT2D eigenvalue weighted by atomic mass is 10.1. The lowest BCUT2D eigenvalue weighted by Crippen LogP contribution is -3.00. The van der Waals surface area contributed by atoms with Gasteiger partial charge in [-0.2, -0.15) is 0 Å². The fourth-order valence-electron chi connectivity index (χ4n) is 3.44. The first kappa shape index (κ1) is 23.0. The number of hydrogen-bond acceptors (Lipinski definition) is 2. The lowest BCUT2D eigenvalue weighted by molar-refractivity contribution is -0.906. The van der Waals surface area contributed by atoms with Crippen molar-refractivity contribution in [3.8, 4) is 16.9 Å². The Balaban J connectivity index is 0.00000300. The van der Waals surface area contributed by atoms with Crippen LogP contribution in [0.2, 0.25) is 0 Å². The average Bonchev–Trinajstić information content (AvgIpc) is 2.69. The van der Waals surface area contributed by atoms with Crippen molar-refractivity contribution >= 4 is 0 Å². The van der Waals surface area contributed by atoms with Gasteiger partial charge in [0.1, 0.15) is 31.5 Å². The summed E-state index contributed by atoms with van der Waals surface area (Å²) in [4.78, 5) is 0. The molecule has 0 aliphatic heterocycles. The zero-order valence-electron chi connectivity index (χ0n) is 17.4. The van der Waals surface area contributed by atoms with Gasteiger partial charge in [-0.3, -0.25) is 0 Å². The summed E-state index contributed by atoms with van der Waals surface area (Å²) in [5.74, 6) is 0.780. The second-order valence-electron chi connectivity index (χ2n) is 8.12. The van der Waals surface area contributed by atoms with Gasteiger partial charge >= 0.3 is 0 Å². The molecule has 3 aromatic carbocycles. The molecule has 1 atom stereocenters. The van der Waals surface area contributed by atoms with Crippen LogP contribution in [0, 0.1) is 6.92 Å². The summed E-state index contributed by atoms with van der Waals surface area (Å²) in [6, 6.07) is 26.9. The maximum Gasteiger partial charge on any atom is 0.137 e. The van der Waals surface area contributed by atoms with E-state index < -0.39 is 6.10 Å². The van der Waals surface area contributed by atoms with Crippen LogP contribution in [-0.4, -0.2) is 42.9 Å². The van der Waals surface area contributed by atoms with E-state index in [1.165, 1.54) is 16.7 Å². The molecule has 3 aromatic rings. The Morgan fingerprint density at radius 2 is 1.41 bits per heavy atom. The van der Waals surface area contributed by atoms with E-state index in [4.69, 9.17) is 4.74 Å². The number of aryl methyl sites for hydroxylation is 1. The fourth-order valence-corrected chi connectivity index (χ4v) is 3.44. The number of rotatable bonds is 8. The Bertz CT molecular complexity index is 862. The van der Waals surface area contributed by atoms with Crippen LogP contribution in [0.1, 0.15) is 11.1 Å². The lowest BCUT2D eigenvalue weighted by Gasteiger charge is -2.32. The molecule has 29 heavy (non-hydrogen) atoms. The number of ether oxygens (including phenoxy) is 1. The molecule has 0 fully saturated rings. The summed E-state index contributed by atoms with van der Waals surface area (Å²) in [6.07, 6.45) is -0.519. The predicted octanol–water partition coefficient (Wildman–Crippen LogP) is 1.68. The van der Waals surface area contributed by atoms with E-state index in [1.54, 1.807) is 0 Å². The highest BCUT2D eigenvalue weighted by atomic mass is 35.5. The quantitative estimate of drug-likeness (QED) is 0.571. The molecule has 0 radical (unpaired) electrons. The van der Waals surface area contributed by atoms with E-state index in [-0.39, 0.29) is 12.4 Å². The minimum atomic E-state index is -0.519. The Morgan fingerprint density at radius 1 is 0.828 bits per heavy atom. The average molecular weight is 412 g/mol. The van der Waals surface area contributed by atoms with E-state index >= 15 is 0 Å². The predicted molar refractivity (Wildman–Crippen MR) is 115 cm³/mol. The normalized spacial score (nSPS) is 12.1. The number of quaternary nitrogens is 1. The molecule has 4 heteroatoms. The molecule has 0 aliphatic carbocycles. The second-order valence-corrected chi connectivity index (χ2v) is 8.12. The smallest absolute Gasteiger partial charge is 0.137 e. The van der Waals surface area contributed by atoms with Crippen LogP contribution in [0.25, 0.3) is 11.1 Å². The fraction of sp³-hybridized carbons (Fsp3) is 0.280. The molecule has 0 bridgehead atoms. The summed E-state index contributed by atoms with van der Waals surface area (Å²) < 4.78 is 6.52. The Morgan fingerprint density at radius 3 is 2.03 bits per heavy atom. The van der Waals surface area contributed by atoms with Crippen LogP contribution < -0.4 is 17.1 Å². The maximum atomic E-state index is 10.5. The molecule has 0 saturated heterocycles. The van der Waals surface area contributed by atoms with Crippen LogP contribution in [0.4, 0.5) is 0 Å². The largest absolute Gasteiger partial charge is 1.00 e. The molecule has 0 heterocycles. The summed E-state index contributed by atoms with van der Waals surface area (Å²) >= 11 is 0. The van der Waals surface area contributed by atoms with Crippen molar-refractivity contribution in [2.45, 2.75) is 19.6 Å². The van der Waals surface area contributed by atoms with Crippen molar-refractivity contribution in [3.63, 3.8) is 0 Å². The van der Waals surface area contributed by atoms with Gasteiger partial charge in [-0.1, -0.05) is 72.3 Å². The van der Waals surface area contributed by atoms with E-state index in [0.717, 1.165) is 17.9 Å². The second kappa shape index (κ2) is 10.4. The minimum Gasteiger partial charge on any atom is -1.00 e. The van der Waals surface area contributed by atoms with Crippen LogP contribution in [0.3, 0.4) is 0 Å². The summed E-state index contributed by atoms with van der Waals surface area (Å²) in [7, 11) is 4.27. The standard InChI is InChI=1S/C25H30NO2.ClH/c1-20-9-11-21(12-10-20)17-26(2,3)18-24(27)19-28-25-15-13-23(14-16-25)22-7-5-4-6-8-22;/h4-16,24,27H,17-19H2,1-3H3;1H/q+1;/p-1. The van der Waals surface area contributed by atoms with Gasteiger partial charge in [0.25, 0.3) is 0 Å². The van der Waals surface area contributed by atoms with Crippen LogP contribution >= 0.6 is 0 Å². The van der Waals surface area contributed by atoms with Crippen molar-refractivity contribution in [1.82, 2.24) is 0 Å². The highest BCUT2D eigenvalue weighted by Crippen LogP contribution is 2.22. The van der Waals surface area contributed by atoms with Gasteiger partial charge in [0.2, 0.25) is 0 Å². The van der Waals surface area contributed by atoms with Crippen molar-refractivity contribution < 1.29 is 26.7 Å². The monoisotopic (exact) mass is 411 g/mol. The number of benzene rings is 3. The first-order valence-electron chi connectivity index (χ1n) is 9.75. The SMILES string of the molecule is Cc1ccc(C[N+](C)(C)CC(O)COc2ccc(-c3ccccc3)cc2)cc1.[Cl-]. The molecule has 0 aliphatic rings. The minimum absolute atomic E-state index is 0. The molecular weight excluding hydrogens is 382 g/mol. The van der Waals surface area contributed by atoms with Crippen molar-refractivity contribution in [2.24, 2.45) is 0 Å². The van der Waals surface area contributed by atoms with Gasteiger partial charge in [0, 0.05) is 5.56 Å². The molecule has 0 saturated carbocycles. The van der Waals surface area contributed by atoms with Gasteiger partial charge < -0.3 is 26.7 Å². The van der Waals surface area contributed by atoms with E-state index in [2.05, 4.69) is 69.6 Å². The molecule has 1 unspecified atom stereocenters. The van der Waals surface area contributed by atoms with Crippen molar-refractivity contribution in [2.75, 3.05) is 27.2 Å². The van der Waals surface area contributed by atoms with E-state index in [0.29, 0.717) is 17.6 Å². The third-order valence-electron chi connectivity index (χ3n) is 4.84. The van der Waals surface area contributed by atoms with Gasteiger partial charge in [0.05, 0.1) is 14.1 Å². The van der Waals surface area contributed by atoms with Gasteiger partial charge in [-0.15, -0.1) is 0 Å². The molecule has 154 valence electrons. The van der Waals surface area contributed by atoms with Crippen molar-refractivity contribution in [1.29, 1.82) is 0 Å². The molecule has 3 rings (SSSR count). The molecular formula is C25H30ClNO2. The number of hydrogen-bond donors (Lipinski definition) is 1. The number of halogens is 1. The molecule has 3 nitrogen and oxygen atoms in total. The number of likely N-dealkylation sites (N-methyl/N-ethyl adjacent to an activating group) is 1. The van der Waals surface area contributed by atoms with E-state index in [1.807, 2.05) is 30.3 Å². The number of aliphatic hydroxyl groups excluding tert-OH is 1. The Labute approximate surface area is 180 Å². The Kier molecular flexibility index (Phi) is 8.27. The third-order valence-corrected chi connectivity index (χ3v) is 4.84. The summed E-state index contributed by atoms with van der Waals surface area (Å²) in [5, 5.41) is 10.5. The van der Waals surface area contributed by atoms with E-state index in [9.17, 15) is 5.11 Å². The zero-order chi connectivity index (χ0) is 20.0. The number of aliphatic hydroxyl groups is 1. The zero-order valence-corrected chi connectivity index (χ0v) is 18.1. The van der Waals surface area contributed by atoms with Crippen LogP contribution in [0.5, 0.6) is 5.75 Å². The molecule has 0 spiro atoms.